The van der Waals surface area contributed by atoms with Crippen LogP contribution in [0.1, 0.15) is 28.6 Å². The van der Waals surface area contributed by atoms with E-state index in [0.29, 0.717) is 6.54 Å². The highest BCUT2D eigenvalue weighted by atomic mass is 32.1. The van der Waals surface area contributed by atoms with Crippen LogP contribution in [-0.4, -0.2) is 33.0 Å². The third kappa shape index (κ3) is 3.61. The van der Waals surface area contributed by atoms with Gasteiger partial charge in [-0.2, -0.15) is 0 Å². The van der Waals surface area contributed by atoms with Crippen LogP contribution in [0.4, 0.5) is 0 Å². The number of nitrogens with one attached hydrogen (secondary N) is 1. The Morgan fingerprint density at radius 3 is 2.67 bits per heavy atom. The average molecular weight is 307 g/mol. The highest BCUT2D eigenvalue weighted by molar-refractivity contribution is 7.21. The zero-order valence-corrected chi connectivity index (χ0v) is 13.5. The number of carbonyl (C=O) groups excluding carboxylic acids is 1. The molecule has 0 unspecified atom stereocenters. The van der Waals surface area contributed by atoms with E-state index in [-0.39, 0.29) is 5.91 Å². The van der Waals surface area contributed by atoms with E-state index in [2.05, 4.69) is 24.4 Å². The van der Waals surface area contributed by atoms with Crippen molar-refractivity contribution in [3.63, 3.8) is 0 Å². The zero-order chi connectivity index (χ0) is 15.2. The second-order valence-electron chi connectivity index (χ2n) is 4.77. The first-order chi connectivity index (χ1) is 10.2. The lowest BCUT2D eigenvalue weighted by atomic mass is 10.1. The van der Waals surface area contributed by atoms with Gasteiger partial charge in [-0.3, -0.25) is 4.79 Å². The van der Waals surface area contributed by atoms with Crippen molar-refractivity contribution in [2.45, 2.75) is 26.1 Å². The molecular formula is C16H21NO3S. The molecule has 5 heteroatoms. The summed E-state index contributed by atoms with van der Waals surface area (Å²) in [6, 6.07) is 8.16. The van der Waals surface area contributed by atoms with E-state index in [0.717, 1.165) is 28.0 Å². The number of carbonyl (C=O) groups is 1. The molecule has 21 heavy (non-hydrogen) atoms. The van der Waals surface area contributed by atoms with Crippen LogP contribution in [-0.2, 0) is 15.9 Å². The van der Waals surface area contributed by atoms with Crippen molar-refractivity contribution >= 4 is 27.3 Å². The molecule has 0 aliphatic rings. The third-order valence-electron chi connectivity index (χ3n) is 3.36. The van der Waals surface area contributed by atoms with Gasteiger partial charge in [0.15, 0.2) is 6.29 Å². The predicted molar refractivity (Wildman–Crippen MR) is 86.0 cm³/mol. The number of hydrogen-bond acceptors (Lipinski definition) is 4. The maximum absolute atomic E-state index is 12.4. The molecule has 2 aromatic rings. The Kier molecular flexibility index (Phi) is 5.73. The monoisotopic (exact) mass is 307 g/mol. The molecule has 2 rings (SSSR count). The van der Waals surface area contributed by atoms with Crippen LogP contribution in [0.15, 0.2) is 24.3 Å². The van der Waals surface area contributed by atoms with E-state index in [9.17, 15) is 4.79 Å². The van der Waals surface area contributed by atoms with E-state index in [1.165, 1.54) is 5.39 Å². The number of benzene rings is 1. The van der Waals surface area contributed by atoms with Crippen LogP contribution in [0.3, 0.4) is 0 Å². The lowest BCUT2D eigenvalue weighted by Gasteiger charge is -2.14. The van der Waals surface area contributed by atoms with E-state index in [4.69, 9.17) is 9.47 Å². The van der Waals surface area contributed by atoms with Crippen molar-refractivity contribution in [2.24, 2.45) is 0 Å². The van der Waals surface area contributed by atoms with Crippen LogP contribution in [0, 0.1) is 0 Å². The normalized spacial score (nSPS) is 11.2. The number of ether oxygens (including phenoxy) is 2. The van der Waals surface area contributed by atoms with E-state index in [1.54, 1.807) is 25.6 Å². The Morgan fingerprint density at radius 1 is 1.29 bits per heavy atom. The number of amides is 1. The molecule has 0 saturated heterocycles. The molecule has 1 aromatic carbocycles. The highest BCUT2D eigenvalue weighted by Crippen LogP contribution is 2.32. The molecule has 0 spiro atoms. The van der Waals surface area contributed by atoms with Crippen molar-refractivity contribution in [1.29, 1.82) is 0 Å². The molecule has 1 amide bonds. The summed E-state index contributed by atoms with van der Waals surface area (Å²) >= 11 is 1.55. The van der Waals surface area contributed by atoms with Gasteiger partial charge in [0.25, 0.3) is 5.91 Å². The van der Waals surface area contributed by atoms with Gasteiger partial charge in [0.05, 0.1) is 11.4 Å². The van der Waals surface area contributed by atoms with Gasteiger partial charge in [0.1, 0.15) is 0 Å². The fraction of sp³-hybridized carbons (Fsp3) is 0.438. The minimum Gasteiger partial charge on any atom is -0.354 e. The van der Waals surface area contributed by atoms with Crippen molar-refractivity contribution in [3.8, 4) is 0 Å². The topological polar surface area (TPSA) is 47.6 Å². The first kappa shape index (κ1) is 15.9. The van der Waals surface area contributed by atoms with Gasteiger partial charge in [-0.05, 0) is 23.4 Å². The van der Waals surface area contributed by atoms with Gasteiger partial charge in [0, 0.05) is 18.9 Å². The number of rotatable bonds is 7. The summed E-state index contributed by atoms with van der Waals surface area (Å²) in [7, 11) is 3.12. The van der Waals surface area contributed by atoms with E-state index < -0.39 is 6.29 Å². The van der Waals surface area contributed by atoms with Gasteiger partial charge in [-0.15, -0.1) is 11.3 Å². The summed E-state index contributed by atoms with van der Waals surface area (Å²) in [5.41, 5.74) is 1.14. The Hall–Kier alpha value is -1.43. The van der Waals surface area contributed by atoms with Gasteiger partial charge in [-0.1, -0.05) is 31.5 Å². The Balaban J connectivity index is 2.23. The minimum atomic E-state index is -0.419. The molecule has 1 aromatic heterocycles. The van der Waals surface area contributed by atoms with Gasteiger partial charge in [-0.25, -0.2) is 0 Å². The summed E-state index contributed by atoms with van der Waals surface area (Å²) < 4.78 is 11.3. The van der Waals surface area contributed by atoms with Crippen LogP contribution in [0.2, 0.25) is 0 Å². The van der Waals surface area contributed by atoms with Gasteiger partial charge >= 0.3 is 0 Å². The molecule has 114 valence electrons. The molecule has 0 fully saturated rings. The summed E-state index contributed by atoms with van der Waals surface area (Å²) in [4.78, 5) is 13.2. The largest absolute Gasteiger partial charge is 0.354 e. The highest BCUT2D eigenvalue weighted by Gasteiger charge is 2.18. The summed E-state index contributed by atoms with van der Waals surface area (Å²) in [6.07, 6.45) is 1.50. The lowest BCUT2D eigenvalue weighted by Crippen LogP contribution is -2.34. The minimum absolute atomic E-state index is 0.0567. The number of aryl methyl sites for hydroxylation is 1. The summed E-state index contributed by atoms with van der Waals surface area (Å²) in [5, 5.41) is 4.07. The Labute approximate surface area is 129 Å². The Bertz CT molecular complexity index is 605. The molecule has 0 atom stereocenters. The quantitative estimate of drug-likeness (QED) is 0.799. The van der Waals surface area contributed by atoms with Crippen molar-refractivity contribution in [3.05, 3.63) is 34.7 Å². The number of methoxy groups -OCH3 is 2. The SMILES string of the molecule is CCCc1c(C(=O)NCC(OC)OC)sc2ccccc12. The van der Waals surface area contributed by atoms with Crippen LogP contribution >= 0.6 is 11.3 Å². The molecule has 0 saturated carbocycles. The second-order valence-corrected chi connectivity index (χ2v) is 5.82. The molecule has 0 aliphatic carbocycles. The number of fused-ring (bicyclic) bond motifs is 1. The molecule has 0 aliphatic heterocycles. The molecule has 1 heterocycles. The summed E-state index contributed by atoms with van der Waals surface area (Å²) in [6.45, 7) is 2.46. The maximum Gasteiger partial charge on any atom is 0.261 e. The van der Waals surface area contributed by atoms with Crippen molar-refractivity contribution in [1.82, 2.24) is 5.32 Å². The first-order valence-electron chi connectivity index (χ1n) is 7.05. The predicted octanol–water partition coefficient (Wildman–Crippen LogP) is 3.20. The van der Waals surface area contributed by atoms with E-state index in [1.807, 2.05) is 12.1 Å². The lowest BCUT2D eigenvalue weighted by molar-refractivity contribution is -0.0974. The standard InChI is InChI=1S/C16H21NO3S/c1-4-7-12-11-8-5-6-9-13(11)21-15(12)16(18)17-10-14(19-2)20-3/h5-6,8-9,14H,4,7,10H2,1-3H3,(H,17,18). The third-order valence-corrected chi connectivity index (χ3v) is 4.57. The number of thiophene rings is 1. The zero-order valence-electron chi connectivity index (χ0n) is 12.6. The molecule has 1 N–H and O–H groups in total. The average Bonchev–Trinajstić information content (AvgIpc) is 2.87. The van der Waals surface area contributed by atoms with Crippen molar-refractivity contribution < 1.29 is 14.3 Å². The fourth-order valence-corrected chi connectivity index (χ4v) is 3.47. The fourth-order valence-electron chi connectivity index (χ4n) is 2.30. The van der Waals surface area contributed by atoms with Gasteiger partial charge < -0.3 is 14.8 Å². The Morgan fingerprint density at radius 2 is 2.00 bits per heavy atom. The van der Waals surface area contributed by atoms with Crippen LogP contribution < -0.4 is 5.32 Å². The molecule has 4 nitrogen and oxygen atoms in total. The second kappa shape index (κ2) is 7.54. The summed E-state index contributed by atoms with van der Waals surface area (Å²) in [5.74, 6) is -0.0567. The van der Waals surface area contributed by atoms with Crippen LogP contribution in [0.25, 0.3) is 10.1 Å². The maximum atomic E-state index is 12.4. The smallest absolute Gasteiger partial charge is 0.261 e. The molecule has 0 radical (unpaired) electrons. The van der Waals surface area contributed by atoms with E-state index >= 15 is 0 Å². The first-order valence-corrected chi connectivity index (χ1v) is 7.87. The van der Waals surface area contributed by atoms with Crippen molar-refractivity contribution in [2.75, 3.05) is 20.8 Å². The molecular weight excluding hydrogens is 286 g/mol. The molecule has 0 bridgehead atoms. The van der Waals surface area contributed by atoms with Crippen LogP contribution in [0.5, 0.6) is 0 Å². The van der Waals surface area contributed by atoms with Gasteiger partial charge in [0.2, 0.25) is 0 Å². The number of hydrogen-bond donors (Lipinski definition) is 1.